The number of hydrogen-bond donors (Lipinski definition) is 1. The van der Waals surface area contributed by atoms with Crippen molar-refractivity contribution in [2.45, 2.75) is 19.9 Å². The van der Waals surface area contributed by atoms with Crippen molar-refractivity contribution in [3.05, 3.63) is 41.3 Å². The van der Waals surface area contributed by atoms with Crippen molar-refractivity contribution in [1.29, 1.82) is 0 Å². The molecule has 1 N–H and O–H groups in total. The zero-order valence-corrected chi connectivity index (χ0v) is 13.6. The maximum absolute atomic E-state index is 13.2. The molecule has 0 fully saturated rings. The third-order valence-electron chi connectivity index (χ3n) is 3.85. The molecule has 1 aliphatic heterocycles. The van der Waals surface area contributed by atoms with Crippen LogP contribution >= 0.6 is 12.4 Å². The fourth-order valence-corrected chi connectivity index (χ4v) is 2.49. The lowest BCUT2D eigenvalue weighted by molar-refractivity contribution is 0.624. The monoisotopic (exact) mass is 322 g/mol. The van der Waals surface area contributed by atoms with Gasteiger partial charge in [0.15, 0.2) is 0 Å². The molecular weight excluding hydrogens is 303 g/mol. The highest BCUT2D eigenvalue weighted by Crippen LogP contribution is 2.27. The Balaban J connectivity index is 0.00000176. The van der Waals surface area contributed by atoms with Crippen LogP contribution in [0.5, 0.6) is 0 Å². The molecule has 1 aromatic heterocycles. The molecule has 2 heterocycles. The topological polar surface area (TPSA) is 41.1 Å². The zero-order chi connectivity index (χ0) is 14.8. The summed E-state index contributed by atoms with van der Waals surface area (Å²) in [5, 5.41) is 3.36. The number of aromatic nitrogens is 2. The second kappa shape index (κ2) is 7.03. The quantitative estimate of drug-likeness (QED) is 0.943. The van der Waals surface area contributed by atoms with Crippen LogP contribution in [-0.2, 0) is 13.0 Å². The molecule has 1 aromatic carbocycles. The lowest BCUT2D eigenvalue weighted by atomic mass is 10.0. The Kier molecular flexibility index (Phi) is 5.32. The summed E-state index contributed by atoms with van der Waals surface area (Å²) in [6.45, 7) is 4.61. The lowest BCUT2D eigenvalue weighted by Crippen LogP contribution is -2.28. The fraction of sp³-hybridized carbons (Fsp3) is 0.375. The summed E-state index contributed by atoms with van der Waals surface area (Å²) in [6, 6.07) is 6.51. The first-order valence-electron chi connectivity index (χ1n) is 7.26. The maximum atomic E-state index is 13.2. The van der Waals surface area contributed by atoms with Crippen LogP contribution in [0, 0.1) is 5.82 Å². The van der Waals surface area contributed by atoms with E-state index in [9.17, 15) is 4.39 Å². The summed E-state index contributed by atoms with van der Waals surface area (Å²) >= 11 is 0. The van der Waals surface area contributed by atoms with Crippen LogP contribution in [0.3, 0.4) is 0 Å². The highest BCUT2D eigenvalue weighted by atomic mass is 35.5. The van der Waals surface area contributed by atoms with Crippen molar-refractivity contribution in [1.82, 2.24) is 15.3 Å². The van der Waals surface area contributed by atoms with E-state index >= 15 is 0 Å². The largest absolute Gasteiger partial charge is 0.344 e. The Labute approximate surface area is 136 Å². The van der Waals surface area contributed by atoms with Gasteiger partial charge in [0.25, 0.3) is 0 Å². The van der Waals surface area contributed by atoms with Gasteiger partial charge < -0.3 is 10.2 Å². The fourth-order valence-electron chi connectivity index (χ4n) is 2.49. The highest BCUT2D eigenvalue weighted by Gasteiger charge is 2.19. The Morgan fingerprint density at radius 1 is 1.23 bits per heavy atom. The average molecular weight is 323 g/mol. The van der Waals surface area contributed by atoms with Crippen LogP contribution in [0.15, 0.2) is 24.3 Å². The predicted octanol–water partition coefficient (Wildman–Crippen LogP) is 2.81. The van der Waals surface area contributed by atoms with Crippen molar-refractivity contribution in [2.24, 2.45) is 0 Å². The molecule has 0 atom stereocenters. The summed E-state index contributed by atoms with van der Waals surface area (Å²) < 4.78 is 13.2. The molecule has 0 amide bonds. The summed E-state index contributed by atoms with van der Waals surface area (Å²) in [4.78, 5) is 11.4. The SMILES string of the molecule is CCN(C)c1nc2c(c(-c3ccc(F)cc3)n1)CNCC2.Cl. The van der Waals surface area contributed by atoms with Gasteiger partial charge in [-0.25, -0.2) is 14.4 Å². The number of nitrogens with one attached hydrogen (secondary N) is 1. The minimum Gasteiger partial charge on any atom is -0.344 e. The van der Waals surface area contributed by atoms with Crippen molar-refractivity contribution in [3.8, 4) is 11.3 Å². The predicted molar refractivity (Wildman–Crippen MR) is 89.0 cm³/mol. The first kappa shape index (κ1) is 16.6. The van der Waals surface area contributed by atoms with Crippen LogP contribution in [0.25, 0.3) is 11.3 Å². The van der Waals surface area contributed by atoms with Gasteiger partial charge in [0, 0.05) is 44.2 Å². The van der Waals surface area contributed by atoms with E-state index in [1.807, 2.05) is 11.9 Å². The van der Waals surface area contributed by atoms with Gasteiger partial charge in [0.05, 0.1) is 11.4 Å². The average Bonchev–Trinajstić information content (AvgIpc) is 2.54. The molecule has 0 aliphatic carbocycles. The molecule has 22 heavy (non-hydrogen) atoms. The first-order chi connectivity index (χ1) is 10.2. The van der Waals surface area contributed by atoms with Crippen molar-refractivity contribution in [2.75, 3.05) is 25.0 Å². The minimum atomic E-state index is -0.231. The van der Waals surface area contributed by atoms with E-state index in [4.69, 9.17) is 4.98 Å². The Bertz CT molecular complexity index is 645. The molecule has 2 aromatic rings. The number of nitrogens with zero attached hydrogens (tertiary/aromatic N) is 3. The second-order valence-corrected chi connectivity index (χ2v) is 5.25. The van der Waals surface area contributed by atoms with Gasteiger partial charge in [0.2, 0.25) is 5.95 Å². The minimum absolute atomic E-state index is 0. The number of rotatable bonds is 3. The highest BCUT2D eigenvalue weighted by molar-refractivity contribution is 5.85. The Morgan fingerprint density at radius 3 is 2.64 bits per heavy atom. The molecule has 0 unspecified atom stereocenters. The molecule has 4 nitrogen and oxygen atoms in total. The molecule has 0 radical (unpaired) electrons. The third kappa shape index (κ3) is 3.20. The van der Waals surface area contributed by atoms with E-state index in [1.54, 1.807) is 12.1 Å². The van der Waals surface area contributed by atoms with Gasteiger partial charge in [-0.2, -0.15) is 0 Å². The number of halogens is 2. The lowest BCUT2D eigenvalue weighted by Gasteiger charge is -2.23. The molecule has 0 spiro atoms. The van der Waals surface area contributed by atoms with Gasteiger partial charge in [0.1, 0.15) is 5.82 Å². The summed E-state index contributed by atoms with van der Waals surface area (Å²) in [5.41, 5.74) is 4.06. The summed E-state index contributed by atoms with van der Waals surface area (Å²) in [7, 11) is 1.98. The van der Waals surface area contributed by atoms with Gasteiger partial charge in [-0.15, -0.1) is 12.4 Å². The van der Waals surface area contributed by atoms with Gasteiger partial charge in [-0.05, 0) is 31.2 Å². The van der Waals surface area contributed by atoms with Gasteiger partial charge in [-0.1, -0.05) is 0 Å². The van der Waals surface area contributed by atoms with Crippen molar-refractivity contribution in [3.63, 3.8) is 0 Å². The first-order valence-corrected chi connectivity index (χ1v) is 7.26. The van der Waals surface area contributed by atoms with Gasteiger partial charge in [-0.3, -0.25) is 0 Å². The number of fused-ring (bicyclic) bond motifs is 1. The number of hydrogen-bond acceptors (Lipinski definition) is 4. The molecule has 6 heteroatoms. The van der Waals surface area contributed by atoms with Crippen LogP contribution in [-0.4, -0.2) is 30.1 Å². The Morgan fingerprint density at radius 2 is 1.95 bits per heavy atom. The molecule has 3 rings (SSSR count). The molecule has 118 valence electrons. The Hall–Kier alpha value is -1.72. The normalized spacial score (nSPS) is 13.2. The molecule has 0 saturated heterocycles. The van der Waals surface area contributed by atoms with E-state index in [0.717, 1.165) is 54.5 Å². The second-order valence-electron chi connectivity index (χ2n) is 5.25. The number of anilines is 1. The van der Waals surface area contributed by atoms with E-state index in [0.29, 0.717) is 0 Å². The smallest absolute Gasteiger partial charge is 0.225 e. The van der Waals surface area contributed by atoms with E-state index < -0.39 is 0 Å². The standard InChI is InChI=1S/C16H19FN4.ClH/c1-3-21(2)16-19-14-8-9-18-10-13(14)15(20-16)11-4-6-12(17)7-5-11;/h4-7,18H,3,8-10H2,1-2H3;1H. The van der Waals surface area contributed by atoms with Crippen LogP contribution in [0.1, 0.15) is 18.2 Å². The van der Waals surface area contributed by atoms with Crippen molar-refractivity contribution >= 4 is 18.4 Å². The van der Waals surface area contributed by atoms with Crippen LogP contribution in [0.2, 0.25) is 0 Å². The zero-order valence-electron chi connectivity index (χ0n) is 12.8. The van der Waals surface area contributed by atoms with Crippen LogP contribution in [0.4, 0.5) is 10.3 Å². The van der Waals surface area contributed by atoms with E-state index in [2.05, 4.69) is 17.2 Å². The number of benzene rings is 1. The molecule has 0 saturated carbocycles. The van der Waals surface area contributed by atoms with Crippen molar-refractivity contribution < 1.29 is 4.39 Å². The third-order valence-corrected chi connectivity index (χ3v) is 3.85. The molecule has 1 aliphatic rings. The van der Waals surface area contributed by atoms with Gasteiger partial charge >= 0.3 is 0 Å². The van der Waals surface area contributed by atoms with Crippen LogP contribution < -0.4 is 10.2 Å². The van der Waals surface area contributed by atoms with E-state index in [-0.39, 0.29) is 18.2 Å². The maximum Gasteiger partial charge on any atom is 0.225 e. The molecule has 0 bridgehead atoms. The molecular formula is C16H20ClFN4. The summed E-state index contributed by atoms with van der Waals surface area (Å²) in [6.07, 6.45) is 0.899. The van der Waals surface area contributed by atoms with E-state index in [1.165, 1.54) is 12.1 Å². The summed E-state index contributed by atoms with van der Waals surface area (Å²) in [5.74, 6) is 0.503.